The third-order valence-corrected chi connectivity index (χ3v) is 5.29. The van der Waals surface area contributed by atoms with Crippen LogP contribution in [-0.2, 0) is 4.79 Å². The van der Waals surface area contributed by atoms with Crippen molar-refractivity contribution in [2.45, 2.75) is 13.8 Å². The molecule has 0 saturated heterocycles. The molecule has 32 heavy (non-hydrogen) atoms. The van der Waals surface area contributed by atoms with Crippen LogP contribution in [0.25, 0.3) is 0 Å². The quantitative estimate of drug-likeness (QED) is 0.302. The van der Waals surface area contributed by atoms with E-state index in [2.05, 4.69) is 15.8 Å². The molecule has 0 saturated carbocycles. The van der Waals surface area contributed by atoms with Crippen molar-refractivity contribution in [3.05, 3.63) is 86.1 Å². The first-order valence-electron chi connectivity index (χ1n) is 9.51. The highest BCUT2D eigenvalue weighted by molar-refractivity contribution is 7.14. The Bertz CT molecular complexity index is 1170. The number of thiophene rings is 1. The van der Waals surface area contributed by atoms with Crippen LogP contribution in [-0.4, -0.2) is 29.1 Å². The van der Waals surface area contributed by atoms with Gasteiger partial charge in [0.05, 0.1) is 15.5 Å². The lowest BCUT2D eigenvalue weighted by molar-refractivity contribution is -0.385. The van der Waals surface area contributed by atoms with Crippen molar-refractivity contribution in [1.29, 1.82) is 0 Å². The average Bonchev–Trinajstić information content (AvgIpc) is 3.23. The second-order valence-corrected chi connectivity index (χ2v) is 7.98. The smallest absolute Gasteiger partial charge is 0.310 e. The molecule has 0 radical (unpaired) electrons. The third kappa shape index (κ3) is 5.99. The van der Waals surface area contributed by atoms with Gasteiger partial charge in [0.2, 0.25) is 0 Å². The monoisotopic (exact) mass is 452 g/mol. The molecular formula is C22H20N4O5S. The number of hydrogen-bond donors (Lipinski definition) is 2. The molecule has 164 valence electrons. The van der Waals surface area contributed by atoms with Crippen LogP contribution in [0, 0.1) is 17.0 Å². The molecule has 10 heteroatoms. The number of ether oxygens (including phenoxy) is 1. The van der Waals surface area contributed by atoms with Gasteiger partial charge in [-0.2, -0.15) is 5.10 Å². The van der Waals surface area contributed by atoms with Crippen LogP contribution in [0.4, 0.5) is 11.4 Å². The number of nitro groups is 1. The Balaban J connectivity index is 1.53. The van der Waals surface area contributed by atoms with Crippen molar-refractivity contribution in [2.75, 3.05) is 11.9 Å². The predicted octanol–water partition coefficient (Wildman–Crippen LogP) is 4.14. The Morgan fingerprint density at radius 3 is 2.47 bits per heavy atom. The summed E-state index contributed by atoms with van der Waals surface area (Å²) in [6.45, 7) is 3.23. The van der Waals surface area contributed by atoms with Gasteiger partial charge in [0.15, 0.2) is 12.4 Å². The van der Waals surface area contributed by atoms with Gasteiger partial charge < -0.3 is 10.1 Å². The first-order chi connectivity index (χ1) is 15.3. The summed E-state index contributed by atoms with van der Waals surface area (Å²) in [6, 6.07) is 16.5. The number of anilines is 1. The van der Waals surface area contributed by atoms with Crippen LogP contribution in [0.2, 0.25) is 0 Å². The Labute approximate surface area is 187 Å². The lowest BCUT2D eigenvalue weighted by Crippen LogP contribution is -2.25. The topological polar surface area (TPSA) is 123 Å². The van der Waals surface area contributed by atoms with E-state index in [1.165, 1.54) is 29.5 Å². The minimum absolute atomic E-state index is 0.00342. The standard InChI is InChI=1S/C22H20N4O5S/c1-14-7-12-20(32-14)22(28)23-17-10-8-16(9-11-17)15(2)24-25-21(27)13-31-19-6-4-3-5-18(19)26(29)30/h3-12H,13H2,1-2H3,(H,23,28)(H,25,27)/b24-15+. The maximum absolute atomic E-state index is 12.2. The summed E-state index contributed by atoms with van der Waals surface area (Å²) in [7, 11) is 0. The van der Waals surface area contributed by atoms with Gasteiger partial charge in [-0.15, -0.1) is 11.3 Å². The number of para-hydroxylation sites is 2. The first kappa shape index (κ1) is 22.6. The van der Waals surface area contributed by atoms with E-state index in [1.807, 2.05) is 13.0 Å². The molecule has 1 aromatic heterocycles. The Morgan fingerprint density at radius 1 is 1.09 bits per heavy atom. The maximum Gasteiger partial charge on any atom is 0.310 e. The van der Waals surface area contributed by atoms with Gasteiger partial charge in [-0.1, -0.05) is 24.3 Å². The van der Waals surface area contributed by atoms with Crippen LogP contribution in [0.3, 0.4) is 0 Å². The van der Waals surface area contributed by atoms with Gasteiger partial charge in [-0.3, -0.25) is 19.7 Å². The summed E-state index contributed by atoms with van der Waals surface area (Å²) >= 11 is 1.42. The van der Waals surface area contributed by atoms with Crippen LogP contribution < -0.4 is 15.5 Å². The van der Waals surface area contributed by atoms with Crippen molar-refractivity contribution >= 4 is 40.2 Å². The van der Waals surface area contributed by atoms with E-state index in [4.69, 9.17) is 4.74 Å². The maximum atomic E-state index is 12.2. The second-order valence-electron chi connectivity index (χ2n) is 6.69. The van der Waals surface area contributed by atoms with E-state index in [0.717, 1.165) is 10.4 Å². The van der Waals surface area contributed by atoms with E-state index in [9.17, 15) is 19.7 Å². The Hall–Kier alpha value is -4.05. The van der Waals surface area contributed by atoms with E-state index in [0.29, 0.717) is 16.3 Å². The molecule has 0 aliphatic heterocycles. The zero-order valence-electron chi connectivity index (χ0n) is 17.3. The van der Waals surface area contributed by atoms with Crippen molar-refractivity contribution in [3.63, 3.8) is 0 Å². The van der Waals surface area contributed by atoms with Crippen LogP contribution >= 0.6 is 11.3 Å². The summed E-state index contributed by atoms with van der Waals surface area (Å²) in [5.74, 6) is -0.728. The number of hydrazone groups is 1. The van der Waals surface area contributed by atoms with Gasteiger partial charge in [0.1, 0.15) is 0 Å². The van der Waals surface area contributed by atoms with Gasteiger partial charge in [-0.25, -0.2) is 5.43 Å². The number of amides is 2. The number of benzene rings is 2. The predicted molar refractivity (Wildman–Crippen MR) is 122 cm³/mol. The molecule has 0 aliphatic rings. The number of carbonyl (C=O) groups excluding carboxylic acids is 2. The van der Waals surface area contributed by atoms with Crippen molar-refractivity contribution in [3.8, 4) is 5.75 Å². The van der Waals surface area contributed by atoms with Crippen LogP contribution in [0.5, 0.6) is 5.75 Å². The van der Waals surface area contributed by atoms with E-state index >= 15 is 0 Å². The fraction of sp³-hybridized carbons (Fsp3) is 0.136. The number of aryl methyl sites for hydroxylation is 1. The van der Waals surface area contributed by atoms with E-state index in [-0.39, 0.29) is 17.3 Å². The summed E-state index contributed by atoms with van der Waals surface area (Å²) < 4.78 is 5.23. The van der Waals surface area contributed by atoms with Crippen molar-refractivity contribution in [1.82, 2.24) is 5.43 Å². The van der Waals surface area contributed by atoms with E-state index in [1.54, 1.807) is 43.3 Å². The van der Waals surface area contributed by atoms with Crippen molar-refractivity contribution < 1.29 is 19.2 Å². The summed E-state index contributed by atoms with van der Waals surface area (Å²) in [4.78, 5) is 36.3. The molecule has 0 bridgehead atoms. The molecule has 2 N–H and O–H groups in total. The molecule has 0 atom stereocenters. The number of nitrogens with zero attached hydrogens (tertiary/aromatic N) is 2. The zero-order valence-corrected chi connectivity index (χ0v) is 18.1. The molecule has 3 aromatic rings. The molecule has 0 spiro atoms. The Kier molecular flexibility index (Phi) is 7.29. The summed E-state index contributed by atoms with van der Waals surface area (Å²) in [5.41, 5.74) is 4.06. The Morgan fingerprint density at radius 2 is 1.81 bits per heavy atom. The normalized spacial score (nSPS) is 11.0. The molecule has 0 aliphatic carbocycles. The first-order valence-corrected chi connectivity index (χ1v) is 10.3. The van der Waals surface area contributed by atoms with E-state index < -0.39 is 17.4 Å². The fourth-order valence-electron chi connectivity index (χ4n) is 2.66. The van der Waals surface area contributed by atoms with Crippen LogP contribution in [0.1, 0.15) is 27.0 Å². The number of carbonyl (C=O) groups is 2. The summed E-state index contributed by atoms with van der Waals surface area (Å²) in [5, 5.41) is 17.8. The number of hydrogen-bond acceptors (Lipinski definition) is 7. The van der Waals surface area contributed by atoms with Gasteiger partial charge in [0.25, 0.3) is 11.8 Å². The highest BCUT2D eigenvalue weighted by atomic mass is 32.1. The minimum atomic E-state index is -0.580. The number of nitro benzene ring substituents is 1. The molecule has 0 fully saturated rings. The SMILES string of the molecule is C/C(=N\NC(=O)COc1ccccc1[N+](=O)[O-])c1ccc(NC(=O)c2ccc(C)s2)cc1. The fourth-order valence-corrected chi connectivity index (χ4v) is 3.42. The van der Waals surface area contributed by atoms with Gasteiger partial charge >= 0.3 is 5.69 Å². The third-order valence-electron chi connectivity index (χ3n) is 4.29. The number of nitrogens with one attached hydrogen (secondary N) is 2. The highest BCUT2D eigenvalue weighted by Crippen LogP contribution is 2.25. The number of rotatable bonds is 8. The second kappa shape index (κ2) is 10.3. The molecule has 1 heterocycles. The minimum Gasteiger partial charge on any atom is -0.477 e. The molecule has 9 nitrogen and oxygen atoms in total. The molecule has 2 aromatic carbocycles. The average molecular weight is 452 g/mol. The van der Waals surface area contributed by atoms with Crippen LogP contribution in [0.15, 0.2) is 65.8 Å². The van der Waals surface area contributed by atoms with Crippen molar-refractivity contribution in [2.24, 2.45) is 5.10 Å². The largest absolute Gasteiger partial charge is 0.477 e. The summed E-state index contributed by atoms with van der Waals surface area (Å²) in [6.07, 6.45) is 0. The lowest BCUT2D eigenvalue weighted by atomic mass is 10.1. The molecular weight excluding hydrogens is 432 g/mol. The molecule has 3 rings (SSSR count). The molecule has 0 unspecified atom stereocenters. The molecule has 2 amide bonds. The van der Waals surface area contributed by atoms with Gasteiger partial charge in [-0.05, 0) is 49.7 Å². The van der Waals surface area contributed by atoms with Gasteiger partial charge in [0, 0.05) is 16.6 Å². The zero-order chi connectivity index (χ0) is 23.1. The lowest BCUT2D eigenvalue weighted by Gasteiger charge is -2.07. The highest BCUT2D eigenvalue weighted by Gasteiger charge is 2.15.